The zero-order valence-electron chi connectivity index (χ0n) is 12.1. The number of amides is 1. The first kappa shape index (κ1) is 13.2. The predicted molar refractivity (Wildman–Crippen MR) is 76.7 cm³/mol. The van der Waals surface area contributed by atoms with E-state index in [0.717, 1.165) is 19.4 Å². The molecule has 0 spiro atoms. The molecule has 1 aliphatic heterocycles. The molecule has 1 amide bonds. The highest BCUT2D eigenvalue weighted by atomic mass is 16.2. The Hall–Kier alpha value is -1.82. The van der Waals surface area contributed by atoms with Crippen molar-refractivity contribution in [3.8, 4) is 6.07 Å². The summed E-state index contributed by atoms with van der Waals surface area (Å²) in [5.74, 6) is 0.708. The third-order valence-electron chi connectivity index (χ3n) is 4.67. The molecular weight excluding hydrogens is 248 g/mol. The minimum atomic E-state index is -0.582. The van der Waals surface area contributed by atoms with Crippen LogP contribution in [0.4, 0.5) is 0 Å². The van der Waals surface area contributed by atoms with Gasteiger partial charge in [0, 0.05) is 13.0 Å². The maximum atomic E-state index is 12.8. The molecule has 0 radical (unpaired) electrons. The van der Waals surface area contributed by atoms with Crippen LogP contribution in [0.15, 0.2) is 24.3 Å². The summed E-state index contributed by atoms with van der Waals surface area (Å²) in [5, 5.41) is 8.92. The van der Waals surface area contributed by atoms with Crippen LogP contribution in [0.25, 0.3) is 0 Å². The topological polar surface area (TPSA) is 44.1 Å². The van der Waals surface area contributed by atoms with Gasteiger partial charge < -0.3 is 4.90 Å². The normalized spacial score (nSPS) is 24.1. The fraction of sp³-hybridized carbons (Fsp3) is 0.529. The van der Waals surface area contributed by atoms with E-state index in [1.807, 2.05) is 18.7 Å². The summed E-state index contributed by atoms with van der Waals surface area (Å²) >= 11 is 0. The maximum absolute atomic E-state index is 12.8. The number of likely N-dealkylation sites (tertiary alicyclic amines) is 1. The fourth-order valence-electron chi connectivity index (χ4n) is 3.61. The monoisotopic (exact) mass is 268 g/mol. The summed E-state index contributed by atoms with van der Waals surface area (Å²) < 4.78 is 0. The van der Waals surface area contributed by atoms with Crippen LogP contribution >= 0.6 is 0 Å². The second-order valence-electron chi connectivity index (χ2n) is 6.70. The van der Waals surface area contributed by atoms with Crippen molar-refractivity contribution in [2.24, 2.45) is 11.3 Å². The van der Waals surface area contributed by atoms with Gasteiger partial charge in [0.15, 0.2) is 0 Å². The molecule has 3 rings (SSSR count). The highest BCUT2D eigenvalue weighted by molar-refractivity contribution is 5.83. The molecule has 2 aliphatic rings. The van der Waals surface area contributed by atoms with Crippen molar-refractivity contribution in [2.75, 3.05) is 6.54 Å². The summed E-state index contributed by atoms with van der Waals surface area (Å²) in [6, 6.07) is 10.8. The third-order valence-corrected chi connectivity index (χ3v) is 4.67. The van der Waals surface area contributed by atoms with Crippen LogP contribution in [0.2, 0.25) is 0 Å². The lowest BCUT2D eigenvalue weighted by Crippen LogP contribution is -2.40. The standard InChI is InChI=1S/C17H20N2O/c1-17(2,7-8-18)16(20)19-11-12-9-13-5-3-4-6-14(13)15(19)10-12/h3-6,12,15H,7,9-11H2,1-2H3. The van der Waals surface area contributed by atoms with Crippen molar-refractivity contribution in [2.45, 2.75) is 39.2 Å². The number of nitriles is 1. The van der Waals surface area contributed by atoms with Gasteiger partial charge in [-0.25, -0.2) is 0 Å². The van der Waals surface area contributed by atoms with Gasteiger partial charge >= 0.3 is 0 Å². The highest BCUT2D eigenvalue weighted by Crippen LogP contribution is 2.45. The van der Waals surface area contributed by atoms with E-state index in [1.54, 1.807) is 0 Å². The molecule has 2 bridgehead atoms. The Kier molecular flexibility index (Phi) is 3.05. The van der Waals surface area contributed by atoms with Crippen molar-refractivity contribution in [3.05, 3.63) is 35.4 Å². The largest absolute Gasteiger partial charge is 0.335 e. The van der Waals surface area contributed by atoms with Crippen LogP contribution in [-0.4, -0.2) is 17.4 Å². The summed E-state index contributed by atoms with van der Waals surface area (Å²) in [6.07, 6.45) is 2.43. The molecule has 3 nitrogen and oxygen atoms in total. The van der Waals surface area contributed by atoms with Gasteiger partial charge in [-0.15, -0.1) is 0 Å². The Morgan fingerprint density at radius 3 is 2.95 bits per heavy atom. The van der Waals surface area contributed by atoms with E-state index in [-0.39, 0.29) is 18.4 Å². The average Bonchev–Trinajstić information content (AvgIpc) is 2.76. The Balaban J connectivity index is 1.91. The number of fused-ring (bicyclic) bond motifs is 4. The minimum Gasteiger partial charge on any atom is -0.335 e. The highest BCUT2D eigenvalue weighted by Gasteiger charge is 2.44. The van der Waals surface area contributed by atoms with E-state index < -0.39 is 5.41 Å². The van der Waals surface area contributed by atoms with Gasteiger partial charge in [-0.05, 0) is 29.9 Å². The van der Waals surface area contributed by atoms with Crippen LogP contribution in [0.3, 0.4) is 0 Å². The third kappa shape index (κ3) is 2.00. The molecule has 1 aromatic carbocycles. The smallest absolute Gasteiger partial charge is 0.229 e. The fourth-order valence-corrected chi connectivity index (χ4v) is 3.61. The Bertz CT molecular complexity index is 585. The van der Waals surface area contributed by atoms with Crippen molar-refractivity contribution in [1.29, 1.82) is 5.26 Å². The van der Waals surface area contributed by atoms with E-state index in [1.165, 1.54) is 11.1 Å². The number of nitrogens with zero attached hydrogens (tertiary/aromatic N) is 2. The molecule has 20 heavy (non-hydrogen) atoms. The lowest BCUT2D eigenvalue weighted by Gasteiger charge is -2.32. The number of hydrogen-bond donors (Lipinski definition) is 0. The van der Waals surface area contributed by atoms with E-state index in [2.05, 4.69) is 30.3 Å². The Morgan fingerprint density at radius 2 is 2.20 bits per heavy atom. The SMILES string of the molecule is CC(C)(CC#N)C(=O)N1CC2Cc3ccccc3C1C2. The maximum Gasteiger partial charge on any atom is 0.229 e. The second kappa shape index (κ2) is 4.63. The van der Waals surface area contributed by atoms with Crippen molar-refractivity contribution in [1.82, 2.24) is 4.90 Å². The first-order valence-electron chi connectivity index (χ1n) is 7.29. The van der Waals surface area contributed by atoms with Crippen LogP contribution in [0.1, 0.15) is 43.9 Å². The summed E-state index contributed by atoms with van der Waals surface area (Å²) in [7, 11) is 0. The lowest BCUT2D eigenvalue weighted by atomic mass is 9.84. The van der Waals surface area contributed by atoms with E-state index in [4.69, 9.17) is 5.26 Å². The van der Waals surface area contributed by atoms with Gasteiger partial charge in [0.2, 0.25) is 5.91 Å². The summed E-state index contributed by atoms with van der Waals surface area (Å²) in [6.45, 7) is 4.60. The first-order valence-corrected chi connectivity index (χ1v) is 7.29. The molecule has 0 N–H and O–H groups in total. The van der Waals surface area contributed by atoms with E-state index in [0.29, 0.717) is 5.92 Å². The van der Waals surface area contributed by atoms with Crippen LogP contribution < -0.4 is 0 Å². The number of rotatable bonds is 2. The molecule has 1 aromatic rings. The van der Waals surface area contributed by atoms with Crippen molar-refractivity contribution >= 4 is 5.91 Å². The molecule has 104 valence electrons. The molecule has 0 aromatic heterocycles. The van der Waals surface area contributed by atoms with E-state index in [9.17, 15) is 4.79 Å². The van der Waals surface area contributed by atoms with Gasteiger partial charge in [0.1, 0.15) is 0 Å². The van der Waals surface area contributed by atoms with Gasteiger partial charge in [-0.2, -0.15) is 5.26 Å². The predicted octanol–water partition coefficient (Wildman–Crippen LogP) is 3.07. The van der Waals surface area contributed by atoms with Gasteiger partial charge in [0.25, 0.3) is 0 Å². The molecule has 1 fully saturated rings. The zero-order chi connectivity index (χ0) is 14.3. The molecule has 3 heteroatoms. The number of carbonyl (C=O) groups excluding carboxylic acids is 1. The number of benzene rings is 1. The quantitative estimate of drug-likeness (QED) is 0.827. The molecular formula is C17H20N2O. The zero-order valence-corrected chi connectivity index (χ0v) is 12.1. The van der Waals surface area contributed by atoms with Crippen molar-refractivity contribution in [3.63, 3.8) is 0 Å². The van der Waals surface area contributed by atoms with Crippen molar-refractivity contribution < 1.29 is 4.79 Å². The molecule has 2 unspecified atom stereocenters. The Morgan fingerprint density at radius 1 is 1.45 bits per heavy atom. The second-order valence-corrected chi connectivity index (χ2v) is 6.70. The molecule has 2 atom stereocenters. The van der Waals surface area contributed by atoms with Crippen LogP contribution in [0.5, 0.6) is 0 Å². The molecule has 1 saturated heterocycles. The molecule has 1 aliphatic carbocycles. The summed E-state index contributed by atoms with van der Waals surface area (Å²) in [4.78, 5) is 14.8. The Labute approximate surface area is 120 Å². The van der Waals surface area contributed by atoms with Gasteiger partial charge in [-0.3, -0.25) is 4.79 Å². The van der Waals surface area contributed by atoms with Gasteiger partial charge in [0.05, 0.1) is 17.5 Å². The first-order chi connectivity index (χ1) is 9.53. The average molecular weight is 268 g/mol. The van der Waals surface area contributed by atoms with Crippen LogP contribution in [0, 0.1) is 22.7 Å². The van der Waals surface area contributed by atoms with Crippen LogP contribution in [-0.2, 0) is 11.2 Å². The van der Waals surface area contributed by atoms with Gasteiger partial charge in [-0.1, -0.05) is 38.1 Å². The minimum absolute atomic E-state index is 0.128. The lowest BCUT2D eigenvalue weighted by molar-refractivity contribution is -0.141. The molecule has 0 saturated carbocycles. The number of hydrogen-bond acceptors (Lipinski definition) is 2. The molecule has 1 heterocycles. The van der Waals surface area contributed by atoms with E-state index >= 15 is 0 Å². The summed E-state index contributed by atoms with van der Waals surface area (Å²) in [5.41, 5.74) is 2.12. The number of carbonyl (C=O) groups is 1.